The number of carbonyl (C=O) groups excluding carboxylic acids is 1. The number of aromatic nitrogens is 3. The molecule has 5 rings (SSSR count). The molecule has 0 saturated carbocycles. The molecule has 8 nitrogen and oxygen atoms in total. The molecule has 1 aliphatic heterocycles. The molecule has 0 spiro atoms. The minimum atomic E-state index is 0.145. The molecular formula is C23H23N5O3. The molecule has 1 saturated heterocycles. The Morgan fingerprint density at radius 1 is 1.16 bits per heavy atom. The Morgan fingerprint density at radius 3 is 2.74 bits per heavy atom. The first-order valence-electron chi connectivity index (χ1n) is 10.3. The second kappa shape index (κ2) is 8.23. The van der Waals surface area contributed by atoms with Crippen LogP contribution in [-0.4, -0.2) is 57.1 Å². The van der Waals surface area contributed by atoms with Crippen molar-refractivity contribution in [3.63, 3.8) is 0 Å². The number of H-pyrrole nitrogens is 1. The SMILES string of the molecule is CC(=O)N1CCN(Cc2coc3cc(Oc4ccc(-c5ccn[nH]5)cn4)ccc23)CC1. The summed E-state index contributed by atoms with van der Waals surface area (Å²) in [6.07, 6.45) is 5.26. The fourth-order valence-electron chi connectivity index (χ4n) is 3.85. The number of ether oxygens (including phenoxy) is 1. The van der Waals surface area contributed by atoms with Gasteiger partial charge in [0.25, 0.3) is 0 Å². The predicted molar refractivity (Wildman–Crippen MR) is 116 cm³/mol. The van der Waals surface area contributed by atoms with Crippen molar-refractivity contribution in [1.29, 1.82) is 0 Å². The number of carbonyl (C=O) groups is 1. The van der Waals surface area contributed by atoms with Gasteiger partial charge in [0.15, 0.2) is 0 Å². The molecule has 31 heavy (non-hydrogen) atoms. The minimum absolute atomic E-state index is 0.145. The summed E-state index contributed by atoms with van der Waals surface area (Å²) < 4.78 is 11.7. The van der Waals surface area contributed by atoms with Gasteiger partial charge in [-0.2, -0.15) is 5.10 Å². The Morgan fingerprint density at radius 2 is 2.03 bits per heavy atom. The van der Waals surface area contributed by atoms with Crippen LogP contribution in [0.4, 0.5) is 0 Å². The van der Waals surface area contributed by atoms with E-state index in [2.05, 4.69) is 20.1 Å². The lowest BCUT2D eigenvalue weighted by molar-refractivity contribution is -0.130. The fourth-order valence-corrected chi connectivity index (χ4v) is 3.85. The number of hydrogen-bond donors (Lipinski definition) is 1. The van der Waals surface area contributed by atoms with Crippen molar-refractivity contribution < 1.29 is 13.9 Å². The normalized spacial score (nSPS) is 14.8. The summed E-state index contributed by atoms with van der Waals surface area (Å²) in [5.74, 6) is 1.33. The van der Waals surface area contributed by atoms with Crippen LogP contribution in [0.15, 0.2) is 59.5 Å². The summed E-state index contributed by atoms with van der Waals surface area (Å²) in [7, 11) is 0. The molecule has 4 heterocycles. The standard InChI is InChI=1S/C23H23N5O3/c1-16(29)28-10-8-27(9-11-28)14-18-15-30-22-12-19(3-4-20(18)22)31-23-5-2-17(13-24-23)21-6-7-25-26-21/h2-7,12-13,15H,8-11,14H2,1H3,(H,25,26). The summed E-state index contributed by atoms with van der Waals surface area (Å²) in [4.78, 5) is 20.1. The minimum Gasteiger partial charge on any atom is -0.464 e. The highest BCUT2D eigenvalue weighted by atomic mass is 16.5. The third-order valence-corrected chi connectivity index (χ3v) is 5.61. The van der Waals surface area contributed by atoms with Gasteiger partial charge in [-0.1, -0.05) is 0 Å². The highest BCUT2D eigenvalue weighted by Crippen LogP contribution is 2.29. The first-order valence-corrected chi connectivity index (χ1v) is 10.3. The number of pyridine rings is 1. The Hall–Kier alpha value is -3.65. The van der Waals surface area contributed by atoms with Crippen LogP contribution >= 0.6 is 0 Å². The molecule has 1 N–H and O–H groups in total. The molecule has 0 atom stereocenters. The van der Waals surface area contributed by atoms with Crippen LogP contribution in [0.2, 0.25) is 0 Å². The lowest BCUT2D eigenvalue weighted by Crippen LogP contribution is -2.47. The van der Waals surface area contributed by atoms with Crippen molar-refractivity contribution in [3.8, 4) is 22.9 Å². The van der Waals surface area contributed by atoms with Crippen LogP contribution in [0.1, 0.15) is 12.5 Å². The number of furan rings is 1. The van der Waals surface area contributed by atoms with Crippen LogP contribution in [-0.2, 0) is 11.3 Å². The largest absolute Gasteiger partial charge is 0.464 e. The first kappa shape index (κ1) is 19.3. The maximum absolute atomic E-state index is 11.5. The van der Waals surface area contributed by atoms with Gasteiger partial charge >= 0.3 is 0 Å². The zero-order chi connectivity index (χ0) is 21.2. The summed E-state index contributed by atoms with van der Waals surface area (Å²) >= 11 is 0. The quantitative estimate of drug-likeness (QED) is 0.533. The predicted octanol–water partition coefficient (Wildman–Crippen LogP) is 3.67. The van der Waals surface area contributed by atoms with Crippen molar-refractivity contribution in [2.24, 2.45) is 0 Å². The molecule has 1 amide bonds. The van der Waals surface area contributed by atoms with E-state index in [4.69, 9.17) is 9.15 Å². The molecule has 0 aliphatic carbocycles. The summed E-state index contributed by atoms with van der Waals surface area (Å²) in [5.41, 5.74) is 3.77. The van der Waals surface area contributed by atoms with Gasteiger partial charge < -0.3 is 14.1 Å². The van der Waals surface area contributed by atoms with E-state index in [0.717, 1.165) is 60.5 Å². The number of nitrogens with one attached hydrogen (secondary N) is 1. The number of hydrogen-bond acceptors (Lipinski definition) is 6. The third kappa shape index (κ3) is 4.15. The monoisotopic (exact) mass is 417 g/mol. The molecule has 1 fully saturated rings. The van der Waals surface area contributed by atoms with Gasteiger partial charge in [0.05, 0.1) is 12.0 Å². The topological polar surface area (TPSA) is 87.5 Å². The Labute approximate surface area is 179 Å². The van der Waals surface area contributed by atoms with Gasteiger partial charge in [0, 0.05) is 80.7 Å². The molecule has 0 bridgehead atoms. The maximum atomic E-state index is 11.5. The van der Waals surface area contributed by atoms with Crippen molar-refractivity contribution >= 4 is 16.9 Å². The molecule has 1 aromatic carbocycles. The molecule has 0 radical (unpaired) electrons. The number of fused-ring (bicyclic) bond motifs is 1. The number of nitrogens with zero attached hydrogens (tertiary/aromatic N) is 4. The van der Waals surface area contributed by atoms with Gasteiger partial charge in [0.1, 0.15) is 11.3 Å². The van der Waals surface area contributed by atoms with E-state index in [0.29, 0.717) is 11.6 Å². The van der Waals surface area contributed by atoms with Crippen LogP contribution in [0, 0.1) is 0 Å². The summed E-state index contributed by atoms with van der Waals surface area (Å²) in [6, 6.07) is 11.5. The molecule has 8 heteroatoms. The van der Waals surface area contributed by atoms with Crippen molar-refractivity contribution in [1.82, 2.24) is 25.0 Å². The van der Waals surface area contributed by atoms with Gasteiger partial charge in [-0.25, -0.2) is 4.98 Å². The van der Waals surface area contributed by atoms with Crippen molar-refractivity contribution in [2.75, 3.05) is 26.2 Å². The summed E-state index contributed by atoms with van der Waals surface area (Å²) in [6.45, 7) is 5.71. The van der Waals surface area contributed by atoms with E-state index in [-0.39, 0.29) is 5.91 Å². The lowest BCUT2D eigenvalue weighted by atomic mass is 10.1. The smallest absolute Gasteiger partial charge is 0.219 e. The van der Waals surface area contributed by atoms with E-state index in [1.54, 1.807) is 19.3 Å². The maximum Gasteiger partial charge on any atom is 0.219 e. The van der Waals surface area contributed by atoms with E-state index < -0.39 is 0 Å². The molecule has 158 valence electrons. The first-order chi connectivity index (χ1) is 15.2. The van der Waals surface area contributed by atoms with Crippen LogP contribution in [0.25, 0.3) is 22.2 Å². The fraction of sp³-hybridized carbons (Fsp3) is 0.261. The van der Waals surface area contributed by atoms with E-state index in [9.17, 15) is 4.79 Å². The second-order valence-electron chi connectivity index (χ2n) is 7.66. The van der Waals surface area contributed by atoms with Crippen molar-refractivity contribution in [3.05, 3.63) is 60.6 Å². The van der Waals surface area contributed by atoms with E-state index in [1.165, 1.54) is 0 Å². The Bertz CT molecular complexity index is 1180. The Balaban J connectivity index is 1.26. The number of benzene rings is 1. The molecule has 3 aromatic heterocycles. The zero-order valence-corrected chi connectivity index (χ0v) is 17.2. The molecule has 0 unspecified atom stereocenters. The second-order valence-corrected chi connectivity index (χ2v) is 7.66. The van der Waals surface area contributed by atoms with Gasteiger partial charge in [0.2, 0.25) is 11.8 Å². The average Bonchev–Trinajstić information content (AvgIpc) is 3.45. The molecular weight excluding hydrogens is 394 g/mol. The van der Waals surface area contributed by atoms with Crippen LogP contribution in [0.5, 0.6) is 11.6 Å². The molecule has 1 aliphatic rings. The van der Waals surface area contributed by atoms with E-state index in [1.807, 2.05) is 47.6 Å². The number of aromatic amines is 1. The summed E-state index contributed by atoms with van der Waals surface area (Å²) in [5, 5.41) is 7.94. The zero-order valence-electron chi connectivity index (χ0n) is 17.2. The van der Waals surface area contributed by atoms with Gasteiger partial charge in [-0.15, -0.1) is 0 Å². The highest BCUT2D eigenvalue weighted by Gasteiger charge is 2.20. The lowest BCUT2D eigenvalue weighted by Gasteiger charge is -2.33. The number of amides is 1. The number of piperazine rings is 1. The van der Waals surface area contributed by atoms with Crippen LogP contribution in [0.3, 0.4) is 0 Å². The van der Waals surface area contributed by atoms with E-state index >= 15 is 0 Å². The highest BCUT2D eigenvalue weighted by molar-refractivity contribution is 5.82. The Kier molecular flexibility index (Phi) is 5.13. The van der Waals surface area contributed by atoms with Crippen molar-refractivity contribution in [2.45, 2.75) is 13.5 Å². The molecule has 4 aromatic rings. The van der Waals surface area contributed by atoms with Gasteiger partial charge in [-0.05, 0) is 24.3 Å². The third-order valence-electron chi connectivity index (χ3n) is 5.61. The van der Waals surface area contributed by atoms with Gasteiger partial charge in [-0.3, -0.25) is 14.8 Å². The number of rotatable bonds is 5. The van der Waals surface area contributed by atoms with Crippen LogP contribution < -0.4 is 4.74 Å². The average molecular weight is 417 g/mol.